The number of benzene rings is 1. The van der Waals surface area contributed by atoms with Gasteiger partial charge in [-0.3, -0.25) is 24.3 Å². The highest BCUT2D eigenvalue weighted by Crippen LogP contribution is 2.27. The van der Waals surface area contributed by atoms with Crippen LogP contribution in [0.1, 0.15) is 26.3 Å². The Morgan fingerprint density at radius 2 is 1.92 bits per heavy atom. The summed E-state index contributed by atoms with van der Waals surface area (Å²) in [5, 5.41) is 8.78. The number of carbonyl (C=O) groups is 3. The zero-order chi connectivity index (χ0) is 16.4. The smallest absolute Gasteiger partial charge is 0.323 e. The minimum atomic E-state index is -1.24. The molecule has 1 aromatic heterocycles. The number of hydrogen-bond donors (Lipinski definition) is 1. The predicted octanol–water partition coefficient (Wildman–Crippen LogP) is 1.76. The molecule has 0 saturated heterocycles. The highest BCUT2D eigenvalue weighted by molar-refractivity contribution is 6.22. The molecule has 1 aliphatic heterocycles. The molecule has 24 heavy (non-hydrogen) atoms. The highest BCUT2D eigenvalue weighted by atomic mass is 35.5. The van der Waals surface area contributed by atoms with Crippen LogP contribution < -0.4 is 4.74 Å². The number of aliphatic carboxylic acids is 1. The summed E-state index contributed by atoms with van der Waals surface area (Å²) < 4.78 is 5.58. The van der Waals surface area contributed by atoms with Gasteiger partial charge < -0.3 is 9.84 Å². The Labute approximate surface area is 143 Å². The number of aromatic nitrogens is 1. The number of nitrogens with zero attached hydrogens (tertiary/aromatic N) is 2. The number of carboxylic acids is 1. The van der Waals surface area contributed by atoms with E-state index < -0.39 is 24.3 Å². The summed E-state index contributed by atoms with van der Waals surface area (Å²) in [5.41, 5.74) is 1.20. The van der Waals surface area contributed by atoms with Crippen LogP contribution in [0.2, 0.25) is 0 Å². The molecule has 124 valence electrons. The molecular weight excluding hydrogens is 336 g/mol. The summed E-state index contributed by atoms with van der Waals surface area (Å²) in [5.74, 6) is -2.05. The molecule has 2 aromatic rings. The average molecular weight is 349 g/mol. The zero-order valence-electron chi connectivity index (χ0n) is 12.3. The zero-order valence-corrected chi connectivity index (χ0v) is 13.2. The third kappa shape index (κ3) is 3.36. The van der Waals surface area contributed by atoms with E-state index in [9.17, 15) is 14.4 Å². The van der Waals surface area contributed by atoms with Crippen molar-refractivity contribution in [3.05, 3.63) is 59.4 Å². The summed E-state index contributed by atoms with van der Waals surface area (Å²) in [7, 11) is 0. The van der Waals surface area contributed by atoms with E-state index in [0.717, 1.165) is 5.56 Å². The van der Waals surface area contributed by atoms with E-state index in [1.54, 1.807) is 24.5 Å². The molecular formula is C16H13ClN2O5. The second-order valence-electron chi connectivity index (χ2n) is 4.95. The summed E-state index contributed by atoms with van der Waals surface area (Å²) in [6, 6.07) is 8.13. The molecule has 3 rings (SSSR count). The Hall–Kier alpha value is -2.93. The van der Waals surface area contributed by atoms with Crippen molar-refractivity contribution in [2.75, 3.05) is 6.54 Å². The topological polar surface area (TPSA) is 96.8 Å². The van der Waals surface area contributed by atoms with Crippen molar-refractivity contribution in [2.45, 2.75) is 6.61 Å². The Balaban J connectivity index is 0.00000208. The number of rotatable bonds is 5. The monoisotopic (exact) mass is 348 g/mol. The first-order valence-corrected chi connectivity index (χ1v) is 6.80. The van der Waals surface area contributed by atoms with Crippen LogP contribution in [0, 0.1) is 0 Å². The van der Waals surface area contributed by atoms with E-state index in [2.05, 4.69) is 4.98 Å². The van der Waals surface area contributed by atoms with Crippen LogP contribution in [0.25, 0.3) is 0 Å². The van der Waals surface area contributed by atoms with Crippen LogP contribution in [0.4, 0.5) is 0 Å². The molecule has 8 heteroatoms. The van der Waals surface area contributed by atoms with Gasteiger partial charge in [-0.1, -0.05) is 6.07 Å². The minimum absolute atomic E-state index is 0. The van der Waals surface area contributed by atoms with E-state index in [-0.39, 0.29) is 30.1 Å². The van der Waals surface area contributed by atoms with Crippen LogP contribution in [-0.4, -0.2) is 39.3 Å². The number of hydrogen-bond acceptors (Lipinski definition) is 5. The Morgan fingerprint density at radius 3 is 2.58 bits per heavy atom. The molecule has 0 saturated carbocycles. The molecule has 1 aromatic carbocycles. The van der Waals surface area contributed by atoms with E-state index in [4.69, 9.17) is 9.84 Å². The van der Waals surface area contributed by atoms with Crippen LogP contribution in [0.3, 0.4) is 0 Å². The van der Waals surface area contributed by atoms with Gasteiger partial charge in [0.1, 0.15) is 18.9 Å². The first-order chi connectivity index (χ1) is 11.1. The van der Waals surface area contributed by atoms with Gasteiger partial charge in [-0.05, 0) is 24.3 Å². The lowest BCUT2D eigenvalue weighted by molar-refractivity contribution is -0.137. The van der Waals surface area contributed by atoms with E-state index in [1.807, 2.05) is 6.07 Å². The second-order valence-corrected chi connectivity index (χ2v) is 4.95. The van der Waals surface area contributed by atoms with Gasteiger partial charge in [-0.2, -0.15) is 0 Å². The van der Waals surface area contributed by atoms with Crippen LogP contribution in [-0.2, 0) is 11.4 Å². The number of imide groups is 1. The number of ether oxygens (including phenoxy) is 1. The van der Waals surface area contributed by atoms with Gasteiger partial charge in [0.25, 0.3) is 11.8 Å². The molecule has 1 N–H and O–H groups in total. The maximum atomic E-state index is 12.1. The van der Waals surface area contributed by atoms with Crippen LogP contribution in [0.5, 0.6) is 5.75 Å². The number of amides is 2. The SMILES string of the molecule is Cl.O=C(O)CN1C(=O)c2ccc(OCc3cccnc3)cc2C1=O. The van der Waals surface area contributed by atoms with Gasteiger partial charge in [-0.15, -0.1) is 12.4 Å². The minimum Gasteiger partial charge on any atom is -0.489 e. The fourth-order valence-corrected chi connectivity index (χ4v) is 2.29. The summed E-state index contributed by atoms with van der Waals surface area (Å²) in [6.45, 7) is -0.383. The van der Waals surface area contributed by atoms with Crippen molar-refractivity contribution < 1.29 is 24.2 Å². The Bertz CT molecular complexity index is 794. The van der Waals surface area contributed by atoms with Gasteiger partial charge in [-0.25, -0.2) is 0 Å². The summed E-state index contributed by atoms with van der Waals surface area (Å²) in [6.07, 6.45) is 3.32. The van der Waals surface area contributed by atoms with Crippen molar-refractivity contribution in [1.82, 2.24) is 9.88 Å². The lowest BCUT2D eigenvalue weighted by Crippen LogP contribution is -2.34. The Kier molecular flexibility index (Phi) is 5.15. The number of fused-ring (bicyclic) bond motifs is 1. The van der Waals surface area contributed by atoms with Crippen molar-refractivity contribution in [3.63, 3.8) is 0 Å². The van der Waals surface area contributed by atoms with Gasteiger partial charge in [0.2, 0.25) is 0 Å². The fourth-order valence-electron chi connectivity index (χ4n) is 2.29. The van der Waals surface area contributed by atoms with Crippen LogP contribution in [0.15, 0.2) is 42.7 Å². The van der Waals surface area contributed by atoms with Crippen molar-refractivity contribution in [2.24, 2.45) is 0 Å². The third-order valence-corrected chi connectivity index (χ3v) is 3.36. The maximum absolute atomic E-state index is 12.1. The average Bonchev–Trinajstić information content (AvgIpc) is 2.78. The molecule has 0 atom stereocenters. The van der Waals surface area contributed by atoms with Crippen molar-refractivity contribution in [1.29, 1.82) is 0 Å². The van der Waals surface area contributed by atoms with Crippen molar-refractivity contribution in [3.8, 4) is 5.75 Å². The van der Waals surface area contributed by atoms with Gasteiger partial charge >= 0.3 is 5.97 Å². The number of carbonyl (C=O) groups excluding carboxylic acids is 2. The number of pyridine rings is 1. The lowest BCUT2D eigenvalue weighted by Gasteiger charge is -2.09. The standard InChI is InChI=1S/C16H12N2O5.ClH/c19-14(20)8-18-15(21)12-4-3-11(6-13(12)16(18)22)23-9-10-2-1-5-17-7-10;/h1-7H,8-9H2,(H,19,20);1H. The quantitative estimate of drug-likeness (QED) is 0.827. The van der Waals surface area contributed by atoms with Gasteiger partial charge in [0, 0.05) is 18.0 Å². The highest BCUT2D eigenvalue weighted by Gasteiger charge is 2.36. The van der Waals surface area contributed by atoms with Crippen LogP contribution >= 0.6 is 12.4 Å². The summed E-state index contributed by atoms with van der Waals surface area (Å²) in [4.78, 5) is 39.6. The van der Waals surface area contributed by atoms with E-state index in [0.29, 0.717) is 10.6 Å². The largest absolute Gasteiger partial charge is 0.489 e. The predicted molar refractivity (Wildman–Crippen MR) is 85.3 cm³/mol. The maximum Gasteiger partial charge on any atom is 0.323 e. The molecule has 0 aliphatic carbocycles. The first-order valence-electron chi connectivity index (χ1n) is 6.80. The van der Waals surface area contributed by atoms with E-state index in [1.165, 1.54) is 12.1 Å². The molecule has 0 fully saturated rings. The molecule has 2 heterocycles. The fraction of sp³-hybridized carbons (Fsp3) is 0.125. The lowest BCUT2D eigenvalue weighted by atomic mass is 10.1. The molecule has 0 radical (unpaired) electrons. The molecule has 7 nitrogen and oxygen atoms in total. The van der Waals surface area contributed by atoms with Gasteiger partial charge in [0.05, 0.1) is 11.1 Å². The molecule has 0 unspecified atom stereocenters. The molecule has 1 aliphatic rings. The van der Waals surface area contributed by atoms with E-state index >= 15 is 0 Å². The normalized spacial score (nSPS) is 12.6. The molecule has 0 bridgehead atoms. The van der Waals surface area contributed by atoms with Gasteiger partial charge in [0.15, 0.2) is 0 Å². The first kappa shape index (κ1) is 17.4. The van der Waals surface area contributed by atoms with Crippen molar-refractivity contribution >= 4 is 30.2 Å². The number of carboxylic acid groups (broad SMARTS) is 1. The Morgan fingerprint density at radius 1 is 1.17 bits per heavy atom. The summed E-state index contributed by atoms with van der Waals surface area (Å²) >= 11 is 0. The molecule has 0 spiro atoms. The molecule has 2 amide bonds. The number of halogens is 1. The second kappa shape index (κ2) is 7.10. The third-order valence-electron chi connectivity index (χ3n) is 3.36.